The molecule has 21 heavy (non-hydrogen) atoms. The zero-order valence-electron chi connectivity index (χ0n) is 12.1. The van der Waals surface area contributed by atoms with E-state index in [1.54, 1.807) is 12.1 Å². The molecule has 1 atom stereocenters. The Morgan fingerprint density at radius 2 is 1.76 bits per heavy atom. The SMILES string of the molecule is CNC(CO)(CCOc1ccc(F)cc1)c1ccccc1. The van der Waals surface area contributed by atoms with Crippen LogP contribution in [0.1, 0.15) is 12.0 Å². The van der Waals surface area contributed by atoms with E-state index in [1.165, 1.54) is 12.1 Å². The van der Waals surface area contributed by atoms with E-state index in [2.05, 4.69) is 5.32 Å². The van der Waals surface area contributed by atoms with Gasteiger partial charge in [0.1, 0.15) is 11.6 Å². The quantitative estimate of drug-likeness (QED) is 0.823. The molecule has 0 heterocycles. The minimum absolute atomic E-state index is 0.0275. The van der Waals surface area contributed by atoms with Crippen LogP contribution in [0.2, 0.25) is 0 Å². The van der Waals surface area contributed by atoms with Crippen molar-refractivity contribution in [3.05, 3.63) is 66.0 Å². The van der Waals surface area contributed by atoms with Gasteiger partial charge in [-0.3, -0.25) is 0 Å². The molecule has 0 saturated heterocycles. The van der Waals surface area contributed by atoms with Gasteiger partial charge in [-0.05, 0) is 36.9 Å². The van der Waals surface area contributed by atoms with Gasteiger partial charge in [0, 0.05) is 6.42 Å². The Balaban J connectivity index is 2.02. The number of nitrogens with one attached hydrogen (secondary N) is 1. The minimum atomic E-state index is -0.540. The van der Waals surface area contributed by atoms with Crippen LogP contribution in [0.4, 0.5) is 4.39 Å². The molecule has 4 heteroatoms. The summed E-state index contributed by atoms with van der Waals surface area (Å²) in [6.45, 7) is 0.391. The molecular weight excluding hydrogens is 269 g/mol. The fraction of sp³-hybridized carbons (Fsp3) is 0.294. The molecule has 2 rings (SSSR count). The van der Waals surface area contributed by atoms with E-state index >= 15 is 0 Å². The van der Waals surface area contributed by atoms with Gasteiger partial charge in [-0.2, -0.15) is 0 Å². The van der Waals surface area contributed by atoms with Crippen molar-refractivity contribution in [1.29, 1.82) is 0 Å². The lowest BCUT2D eigenvalue weighted by atomic mass is 9.88. The molecule has 0 saturated carbocycles. The van der Waals surface area contributed by atoms with E-state index in [-0.39, 0.29) is 12.4 Å². The van der Waals surface area contributed by atoms with E-state index in [1.807, 2.05) is 37.4 Å². The van der Waals surface area contributed by atoms with Gasteiger partial charge in [0.15, 0.2) is 0 Å². The van der Waals surface area contributed by atoms with Crippen molar-refractivity contribution in [2.45, 2.75) is 12.0 Å². The smallest absolute Gasteiger partial charge is 0.123 e. The number of aliphatic hydroxyl groups is 1. The molecule has 2 aromatic rings. The number of aliphatic hydroxyl groups excluding tert-OH is 1. The van der Waals surface area contributed by atoms with Crippen LogP contribution in [0.5, 0.6) is 5.75 Å². The molecule has 0 aromatic heterocycles. The number of likely N-dealkylation sites (N-methyl/N-ethyl adjacent to an activating group) is 1. The Morgan fingerprint density at radius 1 is 1.10 bits per heavy atom. The first-order valence-electron chi connectivity index (χ1n) is 6.94. The van der Waals surface area contributed by atoms with Crippen LogP contribution in [0.15, 0.2) is 54.6 Å². The second-order valence-electron chi connectivity index (χ2n) is 4.91. The van der Waals surface area contributed by atoms with Crippen LogP contribution >= 0.6 is 0 Å². The third kappa shape index (κ3) is 3.80. The first-order chi connectivity index (χ1) is 10.2. The van der Waals surface area contributed by atoms with E-state index < -0.39 is 5.54 Å². The average molecular weight is 289 g/mol. The lowest BCUT2D eigenvalue weighted by molar-refractivity contribution is 0.137. The largest absolute Gasteiger partial charge is 0.494 e. The van der Waals surface area contributed by atoms with Crippen LogP contribution in [-0.2, 0) is 5.54 Å². The third-order valence-electron chi connectivity index (χ3n) is 3.69. The second kappa shape index (κ2) is 7.20. The van der Waals surface area contributed by atoms with E-state index in [4.69, 9.17) is 4.74 Å². The number of benzene rings is 2. The molecule has 0 aliphatic heterocycles. The summed E-state index contributed by atoms with van der Waals surface area (Å²) in [5, 5.41) is 13.0. The topological polar surface area (TPSA) is 41.5 Å². The maximum atomic E-state index is 12.8. The summed E-state index contributed by atoms with van der Waals surface area (Å²) in [4.78, 5) is 0. The molecule has 0 aliphatic rings. The van der Waals surface area contributed by atoms with Crippen molar-refractivity contribution in [1.82, 2.24) is 5.32 Å². The predicted molar refractivity (Wildman–Crippen MR) is 80.8 cm³/mol. The van der Waals surface area contributed by atoms with Gasteiger partial charge < -0.3 is 15.2 Å². The highest BCUT2D eigenvalue weighted by Gasteiger charge is 2.29. The van der Waals surface area contributed by atoms with Gasteiger partial charge in [-0.25, -0.2) is 4.39 Å². The Kier molecular flexibility index (Phi) is 5.31. The standard InChI is InChI=1S/C17H20FNO2/c1-19-17(13-20,14-5-3-2-4-6-14)11-12-21-16-9-7-15(18)8-10-16/h2-10,19-20H,11-13H2,1H3. The maximum Gasteiger partial charge on any atom is 0.123 e. The normalized spacial score (nSPS) is 13.7. The Hall–Kier alpha value is -1.91. The molecule has 0 aliphatic carbocycles. The van der Waals surface area contributed by atoms with Crippen molar-refractivity contribution in [2.24, 2.45) is 0 Å². The highest BCUT2D eigenvalue weighted by atomic mass is 19.1. The van der Waals surface area contributed by atoms with Gasteiger partial charge >= 0.3 is 0 Å². The van der Waals surface area contributed by atoms with E-state index in [9.17, 15) is 9.50 Å². The molecular formula is C17H20FNO2. The number of hydrogen-bond acceptors (Lipinski definition) is 3. The summed E-state index contributed by atoms with van der Waals surface area (Å²) in [5.41, 5.74) is 0.471. The number of rotatable bonds is 7. The van der Waals surface area contributed by atoms with Crippen molar-refractivity contribution < 1.29 is 14.2 Å². The van der Waals surface area contributed by atoms with Crippen LogP contribution in [0.3, 0.4) is 0 Å². The zero-order chi connectivity index (χ0) is 15.1. The molecule has 2 aromatic carbocycles. The summed E-state index contributed by atoms with van der Waals surface area (Å²) >= 11 is 0. The average Bonchev–Trinajstić information content (AvgIpc) is 2.55. The monoisotopic (exact) mass is 289 g/mol. The van der Waals surface area contributed by atoms with Gasteiger partial charge in [0.2, 0.25) is 0 Å². The van der Waals surface area contributed by atoms with Gasteiger partial charge in [0.05, 0.1) is 18.8 Å². The van der Waals surface area contributed by atoms with E-state index in [0.717, 1.165) is 5.56 Å². The maximum absolute atomic E-state index is 12.8. The van der Waals surface area contributed by atoms with Crippen molar-refractivity contribution in [3.63, 3.8) is 0 Å². The molecule has 0 fully saturated rings. The highest BCUT2D eigenvalue weighted by Crippen LogP contribution is 2.24. The summed E-state index contributed by atoms with van der Waals surface area (Å²) in [7, 11) is 1.82. The lowest BCUT2D eigenvalue weighted by Gasteiger charge is -2.32. The second-order valence-corrected chi connectivity index (χ2v) is 4.91. The summed E-state index contributed by atoms with van der Waals surface area (Å²) in [6, 6.07) is 15.7. The molecule has 1 unspecified atom stereocenters. The summed E-state index contributed by atoms with van der Waals surface area (Å²) in [6.07, 6.45) is 0.599. The van der Waals surface area contributed by atoms with Gasteiger partial charge in [-0.15, -0.1) is 0 Å². The van der Waals surface area contributed by atoms with E-state index in [0.29, 0.717) is 18.8 Å². The van der Waals surface area contributed by atoms with Crippen molar-refractivity contribution >= 4 is 0 Å². The van der Waals surface area contributed by atoms with Crippen molar-refractivity contribution in [3.8, 4) is 5.75 Å². The third-order valence-corrected chi connectivity index (χ3v) is 3.69. The Morgan fingerprint density at radius 3 is 2.33 bits per heavy atom. The molecule has 0 spiro atoms. The molecule has 0 amide bonds. The van der Waals surface area contributed by atoms with Crippen LogP contribution in [-0.4, -0.2) is 25.4 Å². The Bertz CT molecular complexity index is 538. The lowest BCUT2D eigenvalue weighted by Crippen LogP contribution is -2.44. The fourth-order valence-electron chi connectivity index (χ4n) is 2.29. The first kappa shape index (κ1) is 15.5. The zero-order valence-corrected chi connectivity index (χ0v) is 12.1. The summed E-state index contributed by atoms with van der Waals surface area (Å²) in [5.74, 6) is 0.332. The first-order valence-corrected chi connectivity index (χ1v) is 6.94. The number of hydrogen-bond donors (Lipinski definition) is 2. The van der Waals surface area contributed by atoms with Gasteiger partial charge in [0.25, 0.3) is 0 Å². The summed E-state index contributed by atoms with van der Waals surface area (Å²) < 4.78 is 18.5. The van der Waals surface area contributed by atoms with Gasteiger partial charge in [-0.1, -0.05) is 30.3 Å². The predicted octanol–water partition coefficient (Wildman–Crippen LogP) is 2.70. The molecule has 112 valence electrons. The van der Waals surface area contributed by atoms with Crippen molar-refractivity contribution in [2.75, 3.05) is 20.3 Å². The fourth-order valence-corrected chi connectivity index (χ4v) is 2.29. The molecule has 0 radical (unpaired) electrons. The Labute approximate surface area is 124 Å². The number of ether oxygens (including phenoxy) is 1. The highest BCUT2D eigenvalue weighted by molar-refractivity contribution is 5.25. The molecule has 0 bridgehead atoms. The molecule has 3 nitrogen and oxygen atoms in total. The molecule has 2 N–H and O–H groups in total. The van der Waals surface area contributed by atoms with Crippen LogP contribution in [0, 0.1) is 5.82 Å². The minimum Gasteiger partial charge on any atom is -0.494 e. The number of halogens is 1. The van der Waals surface area contributed by atoms with Crippen LogP contribution in [0.25, 0.3) is 0 Å². The van der Waals surface area contributed by atoms with Crippen LogP contribution < -0.4 is 10.1 Å².